The van der Waals surface area contributed by atoms with Gasteiger partial charge in [0.15, 0.2) is 0 Å². The molecule has 129 heavy (non-hydrogen) atoms. The highest BCUT2D eigenvalue weighted by atomic mass is 35.5. The number of carbonyl (C=O) groups is 1. The quantitative estimate of drug-likeness (QED) is 0.0921. The third-order valence-electron chi connectivity index (χ3n) is 27.1. The molecular weight excluding hydrogens is 1620 g/mol. The van der Waals surface area contributed by atoms with Crippen LogP contribution in [0.4, 0.5) is 49.9 Å². The van der Waals surface area contributed by atoms with Crippen LogP contribution in [0.5, 0.6) is 0 Å². The fraction of sp³-hybridized carbons (Fsp3) is 0.555. The zero-order valence-corrected chi connectivity index (χ0v) is 84.6. The van der Waals surface area contributed by atoms with Gasteiger partial charge in [0.25, 0.3) is 0 Å². The van der Waals surface area contributed by atoms with Gasteiger partial charge in [0, 0.05) is 279 Å². The van der Waals surface area contributed by atoms with Crippen molar-refractivity contribution in [2.75, 3.05) is 242 Å². The summed E-state index contributed by atoms with van der Waals surface area (Å²) in [5, 5.41) is 0.862. The second kappa shape index (κ2) is 53.4. The van der Waals surface area contributed by atoms with Gasteiger partial charge in [0.1, 0.15) is 5.82 Å². The number of halogens is 2. The Kier molecular flexibility index (Phi) is 43.3. The van der Waals surface area contributed by atoms with Crippen LogP contribution in [0.2, 0.25) is 5.02 Å². The lowest BCUT2D eigenvalue weighted by molar-refractivity contribution is -0.121. The van der Waals surface area contributed by atoms with Crippen LogP contribution in [0.3, 0.4) is 0 Å². The summed E-state index contributed by atoms with van der Waals surface area (Å²) in [4.78, 5) is 50.8. The van der Waals surface area contributed by atoms with Gasteiger partial charge in [0.05, 0.1) is 22.9 Å². The Bertz CT molecular complexity index is 4130. The summed E-state index contributed by atoms with van der Waals surface area (Å²) in [7, 11) is 0. The van der Waals surface area contributed by atoms with Crippen LogP contribution in [-0.2, 0) is 4.79 Å². The molecule has 0 aromatic heterocycles. The van der Waals surface area contributed by atoms with E-state index in [1.807, 2.05) is 59.5 Å². The van der Waals surface area contributed by atoms with Gasteiger partial charge >= 0.3 is 0 Å². The Labute approximate surface area is 787 Å². The molecule has 17 nitrogen and oxygen atoms in total. The molecule has 8 aromatic carbocycles. The van der Waals surface area contributed by atoms with Crippen molar-refractivity contribution in [3.8, 4) is 0 Å². The first kappa shape index (κ1) is 104. The molecule has 0 spiro atoms. The number of para-hydroxylation sites is 5. The molecule has 19 heteroatoms. The summed E-state index contributed by atoms with van der Waals surface area (Å²) >= 11 is 6.20. The highest BCUT2D eigenvalue weighted by Gasteiger charge is 2.29. The van der Waals surface area contributed by atoms with Crippen molar-refractivity contribution >= 4 is 63.0 Å². The van der Waals surface area contributed by atoms with Gasteiger partial charge in [-0.2, -0.15) is 0 Å². The van der Waals surface area contributed by atoms with Gasteiger partial charge in [-0.15, -0.1) is 0 Å². The molecule has 8 aliphatic rings. The highest BCUT2D eigenvalue weighted by Crippen LogP contribution is 2.31. The molecule has 0 radical (unpaired) electrons. The predicted octanol–water partition coefficient (Wildman–Crippen LogP) is 19.9. The lowest BCUT2D eigenvalue weighted by Crippen LogP contribution is -2.52. The van der Waals surface area contributed by atoms with E-state index in [1.165, 1.54) is 139 Å². The molecular formula is C110H168ClFN16O. The summed E-state index contributed by atoms with van der Waals surface area (Å²) in [6.07, 6.45) is 0. The van der Waals surface area contributed by atoms with Gasteiger partial charge in [-0.3, -0.25) is 44.0 Å². The number of hydrogen-bond donors (Lipinski definition) is 0. The molecule has 0 aliphatic carbocycles. The molecule has 0 unspecified atom stereocenters. The van der Waals surface area contributed by atoms with Gasteiger partial charge in [-0.25, -0.2) is 4.39 Å². The highest BCUT2D eigenvalue weighted by molar-refractivity contribution is 6.33. The number of rotatable bonds is 16. The summed E-state index contributed by atoms with van der Waals surface area (Å²) in [5.41, 5.74) is 18.2. The Morgan fingerprint density at radius 3 is 0.814 bits per heavy atom. The summed E-state index contributed by atoms with van der Waals surface area (Å²) in [6.45, 7) is 83.1. The third-order valence-corrected chi connectivity index (χ3v) is 27.4. The summed E-state index contributed by atoms with van der Waals surface area (Å²) in [6, 6.07) is 71.8. The van der Waals surface area contributed by atoms with E-state index in [9.17, 15) is 9.18 Å². The Morgan fingerprint density at radius 2 is 0.496 bits per heavy atom. The van der Waals surface area contributed by atoms with E-state index in [2.05, 4.69) is 353 Å². The maximum absolute atomic E-state index is 13.6. The molecule has 8 aliphatic heterocycles. The number of anilines is 8. The number of hydrogen-bond acceptors (Lipinski definition) is 16. The zero-order valence-electron chi connectivity index (χ0n) is 83.8. The van der Waals surface area contributed by atoms with E-state index < -0.39 is 0 Å². The van der Waals surface area contributed by atoms with Crippen molar-refractivity contribution in [3.63, 3.8) is 0 Å². The number of nitrogens with zero attached hydrogens (tertiary/aromatic N) is 16. The Hall–Kier alpha value is -8.27. The fourth-order valence-electron chi connectivity index (χ4n) is 18.5. The lowest BCUT2D eigenvalue weighted by atomic mass is 10.1. The van der Waals surface area contributed by atoms with E-state index in [1.54, 1.807) is 6.07 Å². The Balaban J connectivity index is 0.000000166. The zero-order chi connectivity index (χ0) is 93.2. The largest absolute Gasteiger partial charge is 0.369 e. The first-order valence-electron chi connectivity index (χ1n) is 49.2. The smallest absolute Gasteiger partial charge is 0.241 e. The molecule has 8 fully saturated rings. The van der Waals surface area contributed by atoms with Gasteiger partial charge in [-0.05, 0) is 265 Å². The first-order chi connectivity index (χ1) is 61.8. The molecule has 0 N–H and O–H groups in total. The van der Waals surface area contributed by atoms with E-state index in [-0.39, 0.29) is 11.7 Å². The summed E-state index contributed by atoms with van der Waals surface area (Å²) in [5.74, 6) is 0.0895. The molecule has 8 aromatic rings. The van der Waals surface area contributed by atoms with E-state index in [4.69, 9.17) is 11.6 Å². The van der Waals surface area contributed by atoms with Crippen molar-refractivity contribution in [2.24, 2.45) is 0 Å². The number of carbonyl (C=O) groups excluding carboxylic acids is 1. The van der Waals surface area contributed by atoms with E-state index >= 15 is 0 Å². The number of amides is 1. The fourth-order valence-corrected chi connectivity index (χ4v) is 18.8. The first-order valence-corrected chi connectivity index (χ1v) is 49.5. The average Bonchev–Trinajstić information content (AvgIpc) is 0.817. The van der Waals surface area contributed by atoms with Crippen LogP contribution in [0.25, 0.3) is 0 Å². The van der Waals surface area contributed by atoms with Crippen LogP contribution in [-0.4, -0.2) is 296 Å². The molecule has 0 atom stereocenters. The molecule has 8 heterocycles. The monoisotopic (exact) mass is 1780 g/mol. The number of piperazine rings is 8. The Morgan fingerprint density at radius 1 is 0.240 bits per heavy atom. The molecule has 16 rings (SSSR count). The minimum Gasteiger partial charge on any atom is -0.369 e. The normalized spacial score (nSPS) is 18.1. The van der Waals surface area contributed by atoms with Gasteiger partial charge < -0.3 is 39.2 Å². The molecule has 1 amide bonds. The molecule has 0 saturated carbocycles. The van der Waals surface area contributed by atoms with E-state index in [0.29, 0.717) is 54.9 Å². The lowest BCUT2D eigenvalue weighted by Gasteiger charge is -2.39. The van der Waals surface area contributed by atoms with Gasteiger partial charge in [0.2, 0.25) is 5.91 Å². The minimum atomic E-state index is -0.111. The maximum Gasteiger partial charge on any atom is 0.241 e. The SMILES string of the molecule is CC(C)N1CCN(c2ccccc2)C(=O)C1.CC(C)N1CCN(c2ccccc2Cl)CC1.CC(C)N1CCN(c2ccccc2F)CC1.Cc1cccc(C)c1N1CCN(C(C)C)CC1.Cc1cccc(N2CCN(C(C)C)CC2)c1.Cc1cccc(N2CCN(C(C)C)CC2)c1.Cc1cccc(N2CCN(C(C)C)CC2)c1.Cc1ccccc1N1CCN(C(C)C)CC1. The average molecular weight is 1790 g/mol. The molecule has 8 saturated heterocycles. The summed E-state index contributed by atoms with van der Waals surface area (Å²) < 4.78 is 13.6. The molecule has 0 bridgehead atoms. The third kappa shape index (κ3) is 33.2. The van der Waals surface area contributed by atoms with Crippen LogP contribution >= 0.6 is 11.6 Å². The predicted molar refractivity (Wildman–Crippen MR) is 556 cm³/mol. The molecule has 708 valence electrons. The van der Waals surface area contributed by atoms with Crippen LogP contribution < -0.4 is 39.2 Å². The standard InChI is InChI=1S/C15H24N2.4C14H22N2.C13H19ClN2.C13H19FN2.C13H18N2O/c1-12(2)16-8-10-17(11-9-16)15-13(3)6-5-7-14(15)4;3*1-12(2)15-7-9-16(10-8-15)14-6-4-5-13(3)11-14;1-12(2)15-8-10-16(11-9-15)14-7-5-4-6-13(14)3;2*1-11(2)15-7-9-16(10-8-15)13-6-4-3-5-12(13)14;1-11(2)14-8-9-15(13(16)10-14)12-6-4-3-5-7-12/h5-7,12H,8-11H2,1-4H3;3*4-6,11-12H,7-10H2,1-3H3;4-7,12H,8-11H2,1-3H3;2*3-6,11H,7-10H2,1-2H3;3-7,11H,8-10H2,1-2H3. The van der Waals surface area contributed by atoms with Crippen molar-refractivity contribution in [2.45, 2.75) is 201 Å². The van der Waals surface area contributed by atoms with Crippen molar-refractivity contribution in [1.82, 2.24) is 39.2 Å². The maximum atomic E-state index is 13.6. The van der Waals surface area contributed by atoms with Crippen LogP contribution in [0.1, 0.15) is 144 Å². The van der Waals surface area contributed by atoms with Crippen molar-refractivity contribution < 1.29 is 9.18 Å². The van der Waals surface area contributed by atoms with E-state index in [0.717, 1.165) is 147 Å². The topological polar surface area (TPSA) is 68.9 Å². The minimum absolute atomic E-state index is 0.111. The van der Waals surface area contributed by atoms with Crippen molar-refractivity contribution in [1.29, 1.82) is 0 Å². The van der Waals surface area contributed by atoms with Crippen LogP contribution in [0, 0.1) is 47.4 Å². The number of benzene rings is 8. The van der Waals surface area contributed by atoms with Crippen LogP contribution in [0.15, 0.2) is 194 Å². The second-order valence-electron chi connectivity index (χ2n) is 38.7. The van der Waals surface area contributed by atoms with Gasteiger partial charge in [-0.1, -0.05) is 127 Å². The van der Waals surface area contributed by atoms with Crippen molar-refractivity contribution in [3.05, 3.63) is 238 Å². The number of aryl methyl sites for hydroxylation is 6. The second-order valence-corrected chi connectivity index (χ2v) is 39.1.